The summed E-state index contributed by atoms with van der Waals surface area (Å²) in [5.74, 6) is 0. The predicted molar refractivity (Wildman–Crippen MR) is 25.8 cm³/mol. The molecule has 4 heteroatoms. The molecule has 0 bridgehead atoms. The first-order chi connectivity index (χ1) is 3.43. The Hall–Kier alpha value is -0.690. The van der Waals surface area contributed by atoms with Crippen molar-refractivity contribution in [1.82, 2.24) is 9.97 Å². The highest BCUT2D eigenvalue weighted by Crippen LogP contribution is 1.85. The largest absolute Gasteiger partial charge is 0.339 e. The molecule has 1 rings (SSSR count). The molecule has 0 atom stereocenters. The van der Waals surface area contributed by atoms with E-state index >= 15 is 0 Å². The fraction of sp³-hybridized carbons (Fsp3) is 0. The average molecular weight is 114 g/mol. The molecule has 0 aliphatic heterocycles. The van der Waals surface area contributed by atoms with Crippen molar-refractivity contribution in [3.05, 3.63) is 12.5 Å². The summed E-state index contributed by atoms with van der Waals surface area (Å²) in [6, 6.07) is 0. The number of aromatic amines is 1. The van der Waals surface area contributed by atoms with Crippen LogP contribution in [0.25, 0.3) is 0 Å². The lowest BCUT2D eigenvalue weighted by atomic mass is 11.0. The fourth-order valence-electron chi connectivity index (χ4n) is 0.298. The monoisotopic (exact) mass is 114 g/mol. The number of imidazole rings is 1. The summed E-state index contributed by atoms with van der Waals surface area (Å²) in [5.41, 5.74) is 0.611. The molecule has 0 unspecified atom stereocenters. The van der Waals surface area contributed by atoms with Gasteiger partial charge in [-0.2, -0.15) is 0 Å². The Kier molecular flexibility index (Phi) is 1.18. The molecule has 0 aromatic carbocycles. The van der Waals surface area contributed by atoms with Gasteiger partial charge in [0.1, 0.15) is 5.44 Å². The molecule has 0 spiro atoms. The number of H-pyrrole nitrogens is 1. The lowest BCUT2D eigenvalue weighted by Crippen LogP contribution is -1.86. The van der Waals surface area contributed by atoms with Crippen LogP contribution >= 0.6 is 8.46 Å². The molecule has 0 saturated heterocycles. The van der Waals surface area contributed by atoms with E-state index in [9.17, 15) is 4.57 Å². The van der Waals surface area contributed by atoms with E-state index in [0.29, 0.717) is 5.44 Å². The van der Waals surface area contributed by atoms with Crippen LogP contribution < -0.4 is 5.44 Å². The third kappa shape index (κ3) is 0.842. The molecule has 36 valence electrons. The molecule has 0 saturated carbocycles. The lowest BCUT2D eigenvalue weighted by molar-refractivity contribution is 0.602. The van der Waals surface area contributed by atoms with E-state index < -0.39 is 0 Å². The molecule has 7 heavy (non-hydrogen) atoms. The van der Waals surface area contributed by atoms with E-state index in [2.05, 4.69) is 9.97 Å². The van der Waals surface area contributed by atoms with Gasteiger partial charge in [0.2, 0.25) is 8.46 Å². The van der Waals surface area contributed by atoms with Gasteiger partial charge in [-0.05, 0) is 0 Å². The summed E-state index contributed by atoms with van der Waals surface area (Å²) >= 11 is 0. The van der Waals surface area contributed by atoms with Crippen LogP contribution in [0.5, 0.6) is 0 Å². The zero-order valence-corrected chi connectivity index (χ0v) is 4.35. The van der Waals surface area contributed by atoms with Gasteiger partial charge in [-0.1, -0.05) is 0 Å². The number of aromatic nitrogens is 2. The van der Waals surface area contributed by atoms with Gasteiger partial charge in [-0.25, -0.2) is 4.98 Å². The van der Waals surface area contributed by atoms with E-state index in [0.717, 1.165) is 0 Å². The molecule has 3 nitrogen and oxygen atoms in total. The number of hydrogen-bond donors (Lipinski definition) is 1. The maximum atomic E-state index is 9.89. The molecule has 1 N–H and O–H groups in total. The third-order valence-corrected chi connectivity index (χ3v) is 1.02. The third-order valence-electron chi connectivity index (χ3n) is 0.582. The second-order valence-corrected chi connectivity index (χ2v) is 1.69. The number of rotatable bonds is 1. The Morgan fingerprint density at radius 2 is 2.71 bits per heavy atom. The zero-order chi connectivity index (χ0) is 5.11. The van der Waals surface area contributed by atoms with Gasteiger partial charge in [0.05, 0.1) is 12.5 Å². The van der Waals surface area contributed by atoms with Crippen molar-refractivity contribution in [2.75, 3.05) is 0 Å². The van der Waals surface area contributed by atoms with Crippen LogP contribution in [-0.4, -0.2) is 9.97 Å². The Bertz CT molecular complexity index is 148. The average Bonchev–Trinajstić information content (AvgIpc) is 2.14. The molecular weight excluding hydrogens is 111 g/mol. The fourth-order valence-corrected chi connectivity index (χ4v) is 0.523. The topological polar surface area (TPSA) is 45.8 Å². The molecule has 0 radical (unpaired) electrons. The molecule has 0 fully saturated rings. The van der Waals surface area contributed by atoms with Gasteiger partial charge < -0.3 is 4.98 Å². The van der Waals surface area contributed by atoms with Crippen LogP contribution in [0.3, 0.4) is 0 Å². The van der Waals surface area contributed by atoms with Crippen molar-refractivity contribution in [1.29, 1.82) is 0 Å². The highest BCUT2D eigenvalue weighted by molar-refractivity contribution is 7.33. The second-order valence-electron chi connectivity index (χ2n) is 1.03. The molecular formula is C3H3N2OP. The Morgan fingerprint density at radius 3 is 3.00 bits per heavy atom. The maximum Gasteiger partial charge on any atom is 0.212 e. The van der Waals surface area contributed by atoms with Crippen LogP contribution in [0.15, 0.2) is 12.5 Å². The summed E-state index contributed by atoms with van der Waals surface area (Å²) in [6.45, 7) is 0. The van der Waals surface area contributed by atoms with Gasteiger partial charge in [-0.15, -0.1) is 0 Å². The van der Waals surface area contributed by atoms with Crippen molar-refractivity contribution in [2.24, 2.45) is 0 Å². The molecule has 1 heterocycles. The molecule has 0 aliphatic rings. The van der Waals surface area contributed by atoms with Gasteiger partial charge in [0.15, 0.2) is 0 Å². The molecule has 1 aromatic rings. The van der Waals surface area contributed by atoms with Crippen LogP contribution in [0.4, 0.5) is 0 Å². The van der Waals surface area contributed by atoms with Gasteiger partial charge in [0, 0.05) is 0 Å². The lowest BCUT2D eigenvalue weighted by Gasteiger charge is -1.65. The van der Waals surface area contributed by atoms with Gasteiger partial charge >= 0.3 is 0 Å². The number of nitrogens with zero attached hydrogens (tertiary/aromatic N) is 1. The SMILES string of the molecule is O=Pc1cnc[nH]1. The van der Waals surface area contributed by atoms with Crippen molar-refractivity contribution in [3.63, 3.8) is 0 Å². The number of hydrogen-bond acceptors (Lipinski definition) is 2. The smallest absolute Gasteiger partial charge is 0.212 e. The van der Waals surface area contributed by atoms with E-state index in [-0.39, 0.29) is 8.46 Å². The summed E-state index contributed by atoms with van der Waals surface area (Å²) in [5, 5.41) is 0. The molecule has 0 aliphatic carbocycles. The van der Waals surface area contributed by atoms with E-state index in [1.165, 1.54) is 12.5 Å². The molecule has 0 amide bonds. The Morgan fingerprint density at radius 1 is 1.86 bits per heavy atom. The second kappa shape index (κ2) is 1.85. The molecule has 1 aromatic heterocycles. The summed E-state index contributed by atoms with van der Waals surface area (Å²) in [6.07, 6.45) is 2.99. The van der Waals surface area contributed by atoms with Crippen LogP contribution in [-0.2, 0) is 4.57 Å². The van der Waals surface area contributed by atoms with Gasteiger partial charge in [-0.3, -0.25) is 4.57 Å². The zero-order valence-electron chi connectivity index (χ0n) is 3.46. The van der Waals surface area contributed by atoms with Crippen LogP contribution in [0.1, 0.15) is 0 Å². The Labute approximate surface area is 42.0 Å². The quantitative estimate of drug-likeness (QED) is 0.534. The van der Waals surface area contributed by atoms with E-state index in [1.807, 2.05) is 0 Å². The Balaban J connectivity index is 2.96. The van der Waals surface area contributed by atoms with Crippen molar-refractivity contribution < 1.29 is 4.57 Å². The minimum atomic E-state index is -0.00309. The first kappa shape index (κ1) is 4.47. The maximum absolute atomic E-state index is 9.89. The minimum absolute atomic E-state index is 0.00309. The van der Waals surface area contributed by atoms with Crippen molar-refractivity contribution >= 4 is 13.9 Å². The summed E-state index contributed by atoms with van der Waals surface area (Å²) < 4.78 is 9.89. The van der Waals surface area contributed by atoms with Crippen LogP contribution in [0, 0.1) is 0 Å². The van der Waals surface area contributed by atoms with Gasteiger partial charge in [0.25, 0.3) is 0 Å². The summed E-state index contributed by atoms with van der Waals surface area (Å²) in [7, 11) is -0.00309. The van der Waals surface area contributed by atoms with Crippen molar-refractivity contribution in [2.45, 2.75) is 0 Å². The first-order valence-electron chi connectivity index (χ1n) is 1.75. The normalized spacial score (nSPS) is 9.71. The summed E-state index contributed by atoms with van der Waals surface area (Å²) in [4.78, 5) is 6.28. The standard InChI is InChI=1S/C3H3N2OP/c6-7-3-1-4-2-5-3/h1-2H,(H,4,5). The first-order valence-corrected chi connectivity index (χ1v) is 2.56. The predicted octanol–water partition coefficient (Wildman–Crippen LogP) is 0.327. The van der Waals surface area contributed by atoms with E-state index in [4.69, 9.17) is 0 Å². The van der Waals surface area contributed by atoms with E-state index in [1.54, 1.807) is 0 Å². The van der Waals surface area contributed by atoms with Crippen molar-refractivity contribution in [3.8, 4) is 0 Å². The highest BCUT2D eigenvalue weighted by Gasteiger charge is 1.84. The highest BCUT2D eigenvalue weighted by atomic mass is 31.1. The number of nitrogens with one attached hydrogen (secondary N) is 1. The minimum Gasteiger partial charge on any atom is -0.339 e. The van der Waals surface area contributed by atoms with Crippen LogP contribution in [0.2, 0.25) is 0 Å².